The van der Waals surface area contributed by atoms with E-state index in [-0.39, 0.29) is 35.2 Å². The van der Waals surface area contributed by atoms with E-state index in [1.54, 1.807) is 51.1 Å². The van der Waals surface area contributed by atoms with Gasteiger partial charge >= 0.3 is 5.97 Å². The summed E-state index contributed by atoms with van der Waals surface area (Å²) in [5, 5.41) is 15.9. The first-order valence-corrected chi connectivity index (χ1v) is 18.1. The molecule has 0 fully saturated rings. The second-order valence-corrected chi connectivity index (χ2v) is 15.1. The van der Waals surface area contributed by atoms with Crippen LogP contribution in [0.4, 0.5) is 15.8 Å². The lowest BCUT2D eigenvalue weighted by Gasteiger charge is -2.40. The number of amides is 2. The number of halogens is 2. The summed E-state index contributed by atoms with van der Waals surface area (Å²) >= 11 is 6.01. The van der Waals surface area contributed by atoms with Crippen molar-refractivity contribution in [3.8, 4) is 0 Å². The quantitative estimate of drug-likeness (QED) is 0.215. The highest BCUT2D eigenvalue weighted by molar-refractivity contribution is 6.31. The van der Waals surface area contributed by atoms with Crippen LogP contribution in [0.15, 0.2) is 65.8 Å². The number of aromatic nitrogens is 3. The second-order valence-electron chi connectivity index (χ2n) is 14.7. The zero-order chi connectivity index (χ0) is 37.6. The van der Waals surface area contributed by atoms with Crippen molar-refractivity contribution in [1.29, 1.82) is 0 Å². The first-order chi connectivity index (χ1) is 25.3. The van der Waals surface area contributed by atoms with Crippen molar-refractivity contribution in [2.75, 3.05) is 23.3 Å². The first-order valence-electron chi connectivity index (χ1n) is 17.7. The van der Waals surface area contributed by atoms with E-state index in [0.29, 0.717) is 29.8 Å². The highest BCUT2D eigenvalue weighted by Gasteiger charge is 2.43. The Bertz CT molecular complexity index is 2110. The minimum absolute atomic E-state index is 0.00673. The molecule has 0 saturated carbocycles. The summed E-state index contributed by atoms with van der Waals surface area (Å²) in [4.78, 5) is 50.6. The summed E-state index contributed by atoms with van der Waals surface area (Å²) in [6.45, 7) is 11.8. The third-order valence-electron chi connectivity index (χ3n) is 9.56. The van der Waals surface area contributed by atoms with E-state index in [0.717, 1.165) is 36.0 Å². The summed E-state index contributed by atoms with van der Waals surface area (Å²) in [6, 6.07) is 15.8. The number of oxime groups is 1. The summed E-state index contributed by atoms with van der Waals surface area (Å²) in [5.41, 5.74) is 3.14. The molecule has 1 aromatic heterocycles. The second kappa shape index (κ2) is 14.3. The number of nitrogens with one attached hydrogen (secondary N) is 1. The van der Waals surface area contributed by atoms with E-state index in [1.807, 2.05) is 18.2 Å². The van der Waals surface area contributed by atoms with E-state index in [9.17, 15) is 18.8 Å². The van der Waals surface area contributed by atoms with Gasteiger partial charge in [0.05, 0.1) is 22.8 Å². The highest BCUT2D eigenvalue weighted by Crippen LogP contribution is 2.39. The molecular weight excluding hydrogens is 701 g/mol. The molecule has 4 heterocycles. The first kappa shape index (κ1) is 36.1. The van der Waals surface area contributed by atoms with Gasteiger partial charge in [-0.1, -0.05) is 48.8 Å². The maximum Gasteiger partial charge on any atom is 0.338 e. The standard InChI is InChI=1S/C39H41ClFN7O5/c1-22(2)35-44-43-32-21-46(18-19-47(32)35)30-11-7-8-26-25(30)16-17-48(37(50)31-20-29(45-53-31)27-9-6-10-28(40)33(27)41)34(26)36(49)42-24-14-12-23(13-15-24)38(51)52-39(3,4)5/h6-15,22,31,34H,16-21H2,1-5H3,(H,42,49)/t31-,34-/m1/s1. The summed E-state index contributed by atoms with van der Waals surface area (Å²) in [7, 11) is 0. The van der Waals surface area contributed by atoms with Crippen LogP contribution in [0.2, 0.25) is 5.02 Å². The molecule has 3 aromatic carbocycles. The molecule has 0 saturated heterocycles. The third-order valence-corrected chi connectivity index (χ3v) is 9.85. The molecule has 0 bridgehead atoms. The summed E-state index contributed by atoms with van der Waals surface area (Å²) < 4.78 is 22.5. The zero-order valence-electron chi connectivity index (χ0n) is 30.2. The van der Waals surface area contributed by atoms with Crippen LogP contribution in [-0.4, -0.2) is 68.0 Å². The van der Waals surface area contributed by atoms with Gasteiger partial charge in [0.15, 0.2) is 11.6 Å². The molecule has 2 atom stereocenters. The number of carbonyl (C=O) groups excluding carboxylic acids is 3. The lowest BCUT2D eigenvalue weighted by molar-refractivity contribution is -0.148. The Kier molecular flexibility index (Phi) is 9.71. The molecule has 4 aromatic rings. The van der Waals surface area contributed by atoms with Crippen molar-refractivity contribution in [3.05, 3.63) is 105 Å². The average molecular weight is 742 g/mol. The number of rotatable bonds is 7. The predicted octanol–water partition coefficient (Wildman–Crippen LogP) is 6.43. The molecule has 3 aliphatic heterocycles. The highest BCUT2D eigenvalue weighted by atomic mass is 35.5. The van der Waals surface area contributed by atoms with E-state index < -0.39 is 41.3 Å². The molecule has 0 radical (unpaired) electrons. The predicted molar refractivity (Wildman–Crippen MR) is 197 cm³/mol. The van der Waals surface area contributed by atoms with Crippen LogP contribution < -0.4 is 10.2 Å². The number of benzene rings is 3. The molecule has 1 N–H and O–H groups in total. The number of esters is 1. The molecule has 2 amide bonds. The van der Waals surface area contributed by atoms with Gasteiger partial charge in [0.1, 0.15) is 17.5 Å². The fourth-order valence-electron chi connectivity index (χ4n) is 7.10. The van der Waals surface area contributed by atoms with Crippen molar-refractivity contribution >= 4 is 46.5 Å². The SMILES string of the molecule is CC(C)c1nnc2n1CCN(c1cccc3c1CCN(C(=O)[C@H]1CC(c4cccc(Cl)c4F)=NO1)[C@H]3C(=O)Nc1ccc(C(=O)OC(C)(C)C)cc1)C2. The number of carbonyl (C=O) groups is 3. The molecule has 0 unspecified atom stereocenters. The van der Waals surface area contributed by atoms with E-state index >= 15 is 0 Å². The maximum atomic E-state index is 14.9. The lowest BCUT2D eigenvalue weighted by atomic mass is 9.89. The smallest absolute Gasteiger partial charge is 0.338 e. The van der Waals surface area contributed by atoms with Gasteiger partial charge in [-0.25, -0.2) is 9.18 Å². The Labute approximate surface area is 311 Å². The Balaban J connectivity index is 1.18. The zero-order valence-corrected chi connectivity index (χ0v) is 31.0. The Morgan fingerprint density at radius 3 is 2.49 bits per heavy atom. The van der Waals surface area contributed by atoms with Crippen LogP contribution in [-0.2, 0) is 38.7 Å². The van der Waals surface area contributed by atoms with E-state index in [2.05, 4.69) is 44.0 Å². The maximum absolute atomic E-state index is 14.9. The summed E-state index contributed by atoms with van der Waals surface area (Å²) in [5.74, 6) is 0.0667. The number of ether oxygens (including phenoxy) is 1. The molecule has 3 aliphatic rings. The number of hydrogen-bond acceptors (Lipinski definition) is 9. The van der Waals surface area contributed by atoms with Crippen molar-refractivity contribution in [2.24, 2.45) is 5.16 Å². The molecule has 7 rings (SSSR count). The fraction of sp³-hybridized carbons (Fsp3) is 0.385. The van der Waals surface area contributed by atoms with Crippen molar-refractivity contribution in [3.63, 3.8) is 0 Å². The molecule has 14 heteroatoms. The largest absolute Gasteiger partial charge is 0.456 e. The van der Waals surface area contributed by atoms with Crippen molar-refractivity contribution < 1.29 is 28.3 Å². The molecule has 0 aliphatic carbocycles. The van der Waals surface area contributed by atoms with Gasteiger partial charge in [-0.2, -0.15) is 0 Å². The normalized spacial score (nSPS) is 18.2. The topological polar surface area (TPSA) is 131 Å². The lowest BCUT2D eigenvalue weighted by Crippen LogP contribution is -2.49. The Morgan fingerprint density at radius 1 is 1.00 bits per heavy atom. The van der Waals surface area contributed by atoms with E-state index in [1.165, 1.54) is 17.0 Å². The molecule has 53 heavy (non-hydrogen) atoms. The van der Waals surface area contributed by atoms with Crippen LogP contribution in [0.5, 0.6) is 0 Å². The fourth-order valence-corrected chi connectivity index (χ4v) is 7.27. The van der Waals surface area contributed by atoms with Crippen LogP contribution in [0, 0.1) is 5.82 Å². The monoisotopic (exact) mass is 741 g/mol. The molecular formula is C39H41ClFN7O5. The Morgan fingerprint density at radius 2 is 1.75 bits per heavy atom. The van der Waals surface area contributed by atoms with Crippen LogP contribution in [0.3, 0.4) is 0 Å². The minimum Gasteiger partial charge on any atom is -0.456 e. The minimum atomic E-state index is -1.07. The number of fused-ring (bicyclic) bond motifs is 2. The summed E-state index contributed by atoms with van der Waals surface area (Å²) in [6.07, 6.45) is -0.581. The molecule has 12 nitrogen and oxygen atoms in total. The van der Waals surface area contributed by atoms with E-state index in [4.69, 9.17) is 21.2 Å². The Hall–Kier alpha value is -5.30. The van der Waals surface area contributed by atoms with Crippen LogP contribution in [0.1, 0.15) is 91.7 Å². The van der Waals surface area contributed by atoms with Crippen molar-refractivity contribution in [2.45, 2.75) is 84.2 Å². The number of anilines is 2. The van der Waals surface area contributed by atoms with Gasteiger partial charge in [-0.3, -0.25) is 9.59 Å². The van der Waals surface area contributed by atoms with Gasteiger partial charge in [0, 0.05) is 48.9 Å². The third kappa shape index (κ3) is 7.22. The number of nitrogens with zero attached hydrogens (tertiary/aromatic N) is 6. The molecule has 276 valence electrons. The van der Waals surface area contributed by atoms with Crippen LogP contribution in [0.25, 0.3) is 0 Å². The van der Waals surface area contributed by atoms with Gasteiger partial charge in [0.2, 0.25) is 6.10 Å². The van der Waals surface area contributed by atoms with Crippen molar-refractivity contribution in [1.82, 2.24) is 19.7 Å². The van der Waals surface area contributed by atoms with Gasteiger partial charge in [0.25, 0.3) is 11.8 Å². The van der Waals surface area contributed by atoms with Gasteiger partial charge in [-0.05, 0) is 80.8 Å². The average Bonchev–Trinajstić information content (AvgIpc) is 3.79. The number of hydrogen-bond donors (Lipinski definition) is 1. The van der Waals surface area contributed by atoms with Gasteiger partial charge in [-0.15, -0.1) is 10.2 Å². The molecule has 0 spiro atoms. The van der Waals surface area contributed by atoms with Crippen LogP contribution >= 0.6 is 11.6 Å². The van der Waals surface area contributed by atoms with Gasteiger partial charge < -0.3 is 29.3 Å².